The van der Waals surface area contributed by atoms with E-state index in [0.29, 0.717) is 12.3 Å². The fourth-order valence-electron chi connectivity index (χ4n) is 1.40. The number of carboxylic acids is 1. The number of thioether (sulfide) groups is 1. The highest BCUT2D eigenvalue weighted by Gasteiger charge is 2.26. The van der Waals surface area contributed by atoms with Crippen molar-refractivity contribution in [3.8, 4) is 0 Å². The predicted octanol–water partition coefficient (Wildman–Crippen LogP) is 2.68. The third kappa shape index (κ3) is 3.79. The van der Waals surface area contributed by atoms with Gasteiger partial charge in [0.25, 0.3) is 0 Å². The van der Waals surface area contributed by atoms with Crippen molar-refractivity contribution in [3.63, 3.8) is 0 Å². The highest BCUT2D eigenvalue weighted by molar-refractivity contribution is 7.98. The Balaban J connectivity index is 3.31. The molecule has 0 aromatic heterocycles. The second-order valence-electron chi connectivity index (χ2n) is 3.89. The zero-order valence-corrected chi connectivity index (χ0v) is 13.9. The van der Waals surface area contributed by atoms with E-state index in [0.717, 1.165) is 16.4 Å². The minimum atomic E-state index is -3.85. The van der Waals surface area contributed by atoms with Crippen LogP contribution in [0.3, 0.4) is 0 Å². The lowest BCUT2D eigenvalue weighted by atomic mass is 10.2. The molecule has 0 saturated heterocycles. The van der Waals surface area contributed by atoms with Crippen molar-refractivity contribution in [2.24, 2.45) is 0 Å². The van der Waals surface area contributed by atoms with E-state index in [9.17, 15) is 13.2 Å². The average Bonchev–Trinajstić information content (AvgIpc) is 2.34. The number of rotatable bonds is 6. The van der Waals surface area contributed by atoms with Crippen LogP contribution in [0.2, 0.25) is 10.0 Å². The van der Waals surface area contributed by atoms with Gasteiger partial charge in [-0.15, -0.1) is 0 Å². The molecular formula is C11H13Cl2NO4S2. The van der Waals surface area contributed by atoms with Crippen molar-refractivity contribution in [2.45, 2.75) is 4.90 Å². The molecule has 1 rings (SSSR count). The van der Waals surface area contributed by atoms with Crippen molar-refractivity contribution in [3.05, 3.63) is 27.7 Å². The van der Waals surface area contributed by atoms with E-state index in [1.165, 1.54) is 18.8 Å². The molecule has 0 atom stereocenters. The number of hydrogen-bond acceptors (Lipinski definition) is 4. The summed E-state index contributed by atoms with van der Waals surface area (Å²) >= 11 is 13.1. The highest BCUT2D eigenvalue weighted by atomic mass is 35.5. The van der Waals surface area contributed by atoms with E-state index in [-0.39, 0.29) is 20.5 Å². The summed E-state index contributed by atoms with van der Waals surface area (Å²) in [6.45, 7) is 0.296. The lowest BCUT2D eigenvalue weighted by Gasteiger charge is -2.18. The van der Waals surface area contributed by atoms with Crippen LogP contribution in [-0.2, 0) is 10.0 Å². The molecular weight excluding hydrogens is 345 g/mol. The Hall–Kier alpha value is -0.470. The highest BCUT2D eigenvalue weighted by Crippen LogP contribution is 2.30. The normalized spacial score (nSPS) is 11.8. The molecule has 0 aliphatic carbocycles. The molecule has 0 radical (unpaired) electrons. The van der Waals surface area contributed by atoms with Crippen LogP contribution in [0.4, 0.5) is 0 Å². The van der Waals surface area contributed by atoms with Crippen LogP contribution in [0.15, 0.2) is 17.0 Å². The number of nitrogens with zero attached hydrogens (tertiary/aromatic N) is 1. The van der Waals surface area contributed by atoms with Crippen LogP contribution in [-0.4, -0.2) is 49.4 Å². The van der Waals surface area contributed by atoms with Gasteiger partial charge in [0.1, 0.15) is 4.90 Å². The summed E-state index contributed by atoms with van der Waals surface area (Å²) in [5.74, 6) is -0.693. The van der Waals surface area contributed by atoms with E-state index in [1.807, 2.05) is 6.26 Å². The number of benzene rings is 1. The van der Waals surface area contributed by atoms with Crippen LogP contribution >= 0.6 is 35.0 Å². The molecule has 0 aliphatic rings. The lowest BCUT2D eigenvalue weighted by molar-refractivity contribution is 0.0697. The summed E-state index contributed by atoms with van der Waals surface area (Å²) in [5, 5.41) is 8.78. The molecule has 0 fully saturated rings. The molecule has 9 heteroatoms. The van der Waals surface area contributed by atoms with Gasteiger partial charge >= 0.3 is 5.97 Å². The maximum atomic E-state index is 12.3. The molecule has 0 spiro atoms. The van der Waals surface area contributed by atoms with Gasteiger partial charge in [-0.05, 0) is 18.4 Å². The van der Waals surface area contributed by atoms with Gasteiger partial charge in [-0.1, -0.05) is 23.2 Å². The molecule has 0 heterocycles. The predicted molar refractivity (Wildman–Crippen MR) is 81.6 cm³/mol. The van der Waals surface area contributed by atoms with E-state index in [1.54, 1.807) is 0 Å². The molecule has 1 N–H and O–H groups in total. The number of halogens is 2. The van der Waals surface area contributed by atoms with Gasteiger partial charge in [-0.3, -0.25) is 0 Å². The first kappa shape index (κ1) is 17.6. The van der Waals surface area contributed by atoms with Gasteiger partial charge in [0.2, 0.25) is 10.0 Å². The van der Waals surface area contributed by atoms with Crippen molar-refractivity contribution >= 4 is 51.0 Å². The quantitative estimate of drug-likeness (QED) is 0.846. The number of hydrogen-bond donors (Lipinski definition) is 1. The van der Waals surface area contributed by atoms with Gasteiger partial charge < -0.3 is 5.11 Å². The monoisotopic (exact) mass is 357 g/mol. The Morgan fingerprint density at radius 2 is 1.95 bits per heavy atom. The first-order chi connectivity index (χ1) is 9.21. The van der Waals surface area contributed by atoms with Crippen LogP contribution < -0.4 is 0 Å². The van der Waals surface area contributed by atoms with E-state index < -0.39 is 16.0 Å². The number of carboxylic acid groups (broad SMARTS) is 1. The van der Waals surface area contributed by atoms with E-state index >= 15 is 0 Å². The molecule has 0 unspecified atom stereocenters. The van der Waals surface area contributed by atoms with Crippen LogP contribution in [0, 0.1) is 0 Å². The van der Waals surface area contributed by atoms with Crippen LogP contribution in [0.1, 0.15) is 10.4 Å². The molecule has 20 heavy (non-hydrogen) atoms. The lowest BCUT2D eigenvalue weighted by Crippen LogP contribution is -2.29. The minimum Gasteiger partial charge on any atom is -0.478 e. The third-order valence-electron chi connectivity index (χ3n) is 2.55. The number of carbonyl (C=O) groups is 1. The fourth-order valence-corrected chi connectivity index (χ4v) is 3.97. The summed E-state index contributed by atoms with van der Waals surface area (Å²) in [6.07, 6.45) is 1.86. The Morgan fingerprint density at radius 1 is 1.35 bits per heavy atom. The molecule has 0 aliphatic heterocycles. The molecule has 5 nitrogen and oxygen atoms in total. The Morgan fingerprint density at radius 3 is 2.45 bits per heavy atom. The molecule has 0 amide bonds. The zero-order chi connectivity index (χ0) is 15.5. The Labute approximate surface area is 131 Å². The van der Waals surface area contributed by atoms with Crippen molar-refractivity contribution < 1.29 is 18.3 Å². The maximum Gasteiger partial charge on any atom is 0.337 e. The second-order valence-corrected chi connectivity index (χ2v) is 7.70. The number of sulfonamides is 1. The average molecular weight is 358 g/mol. The molecule has 112 valence electrons. The first-order valence-electron chi connectivity index (χ1n) is 5.39. The van der Waals surface area contributed by atoms with Gasteiger partial charge in [0.15, 0.2) is 0 Å². The summed E-state index contributed by atoms with van der Waals surface area (Å²) in [6, 6.07) is 2.11. The topological polar surface area (TPSA) is 74.7 Å². The molecule has 1 aromatic carbocycles. The minimum absolute atomic E-state index is 0.101. The van der Waals surface area contributed by atoms with Crippen LogP contribution in [0.5, 0.6) is 0 Å². The van der Waals surface area contributed by atoms with E-state index in [2.05, 4.69) is 0 Å². The third-order valence-corrected chi connectivity index (χ3v) is 5.78. The standard InChI is InChI=1S/C11H13Cl2NO4S2/c1-14(3-4-19-2)20(17,18)10-5-7(11(15)16)8(12)6-9(10)13/h5-6H,3-4H2,1-2H3,(H,15,16). The Bertz CT molecular complexity index is 619. The molecule has 0 saturated carbocycles. The van der Waals surface area contributed by atoms with Crippen molar-refractivity contribution in [1.29, 1.82) is 0 Å². The van der Waals surface area contributed by atoms with Crippen molar-refractivity contribution in [1.82, 2.24) is 4.31 Å². The summed E-state index contributed by atoms with van der Waals surface area (Å²) in [5.41, 5.74) is -0.298. The van der Waals surface area contributed by atoms with Gasteiger partial charge in [-0.2, -0.15) is 11.8 Å². The van der Waals surface area contributed by atoms with Gasteiger partial charge in [0.05, 0.1) is 15.6 Å². The molecule has 1 aromatic rings. The number of aromatic carboxylic acids is 1. The van der Waals surface area contributed by atoms with Gasteiger partial charge in [0, 0.05) is 19.3 Å². The fraction of sp³-hybridized carbons (Fsp3) is 0.364. The zero-order valence-electron chi connectivity index (χ0n) is 10.8. The smallest absolute Gasteiger partial charge is 0.337 e. The largest absolute Gasteiger partial charge is 0.478 e. The molecule has 0 bridgehead atoms. The first-order valence-corrected chi connectivity index (χ1v) is 8.98. The van der Waals surface area contributed by atoms with Crippen molar-refractivity contribution in [2.75, 3.05) is 25.6 Å². The van der Waals surface area contributed by atoms with E-state index in [4.69, 9.17) is 28.3 Å². The van der Waals surface area contributed by atoms with Gasteiger partial charge in [-0.25, -0.2) is 17.5 Å². The Kier molecular flexibility index (Phi) is 6.15. The second kappa shape index (κ2) is 7.00. The van der Waals surface area contributed by atoms with Crippen LogP contribution in [0.25, 0.3) is 0 Å². The summed E-state index contributed by atoms with van der Waals surface area (Å²) in [7, 11) is -2.43. The summed E-state index contributed by atoms with van der Waals surface area (Å²) in [4.78, 5) is 10.8. The maximum absolute atomic E-state index is 12.3. The SMILES string of the molecule is CSCCN(C)S(=O)(=O)c1cc(C(=O)O)c(Cl)cc1Cl. The summed E-state index contributed by atoms with van der Waals surface area (Å²) < 4.78 is 25.8.